The molecule has 0 unspecified atom stereocenters. The molecule has 4 heterocycles. The van der Waals surface area contributed by atoms with Crippen LogP contribution in [0.4, 0.5) is 0 Å². The molecule has 0 spiro atoms. The molecule has 1 aromatic carbocycles. The molecule has 152 valence electrons. The number of imidazole rings is 1. The van der Waals surface area contributed by atoms with Gasteiger partial charge in [0.25, 0.3) is 5.56 Å². The molecule has 0 radical (unpaired) electrons. The first kappa shape index (κ1) is 19.0. The number of rotatable bonds is 4. The van der Waals surface area contributed by atoms with Gasteiger partial charge in [-0.15, -0.1) is 0 Å². The van der Waals surface area contributed by atoms with Crippen molar-refractivity contribution in [3.05, 3.63) is 102 Å². The third-order valence-corrected chi connectivity index (χ3v) is 5.48. The second kappa shape index (κ2) is 7.69. The number of hydrogen-bond acceptors (Lipinski definition) is 3. The van der Waals surface area contributed by atoms with E-state index in [9.17, 15) is 4.79 Å². The van der Waals surface area contributed by atoms with E-state index < -0.39 is 0 Å². The fourth-order valence-electron chi connectivity index (χ4n) is 3.85. The van der Waals surface area contributed by atoms with Crippen LogP contribution in [0.1, 0.15) is 19.9 Å². The first-order chi connectivity index (χ1) is 15.1. The van der Waals surface area contributed by atoms with Crippen molar-refractivity contribution in [2.75, 3.05) is 0 Å². The van der Waals surface area contributed by atoms with Crippen LogP contribution < -0.4 is 5.56 Å². The van der Waals surface area contributed by atoms with Gasteiger partial charge in [-0.2, -0.15) is 0 Å². The average Bonchev–Trinajstić information content (AvgIpc) is 3.23. The van der Waals surface area contributed by atoms with Gasteiger partial charge in [-0.25, -0.2) is 4.98 Å². The van der Waals surface area contributed by atoms with Gasteiger partial charge in [-0.05, 0) is 55.8 Å². The molecule has 0 atom stereocenters. The van der Waals surface area contributed by atoms with E-state index >= 15 is 0 Å². The van der Waals surface area contributed by atoms with Gasteiger partial charge in [-0.3, -0.25) is 14.2 Å². The van der Waals surface area contributed by atoms with E-state index in [0.717, 1.165) is 33.7 Å². The summed E-state index contributed by atoms with van der Waals surface area (Å²) in [5.41, 5.74) is 6.36. The lowest BCUT2D eigenvalue weighted by atomic mass is 10.1. The fourth-order valence-corrected chi connectivity index (χ4v) is 3.85. The molecule has 5 rings (SSSR count). The van der Waals surface area contributed by atoms with Gasteiger partial charge >= 0.3 is 0 Å². The van der Waals surface area contributed by atoms with Crippen LogP contribution in [0.15, 0.2) is 96.3 Å². The molecule has 0 saturated heterocycles. The Hall–Kier alpha value is -3.99. The highest BCUT2D eigenvalue weighted by molar-refractivity contribution is 5.72. The van der Waals surface area contributed by atoms with E-state index in [1.165, 1.54) is 0 Å². The van der Waals surface area contributed by atoms with Crippen LogP contribution in [-0.4, -0.2) is 18.9 Å². The zero-order valence-electron chi connectivity index (χ0n) is 17.4. The first-order valence-electron chi connectivity index (χ1n) is 10.3. The van der Waals surface area contributed by atoms with E-state index in [1.807, 2.05) is 91.6 Å². The highest BCUT2D eigenvalue weighted by atomic mass is 16.1. The highest BCUT2D eigenvalue weighted by Gasteiger charge is 2.12. The van der Waals surface area contributed by atoms with Crippen molar-refractivity contribution in [3.63, 3.8) is 0 Å². The maximum Gasteiger partial charge on any atom is 0.258 e. The van der Waals surface area contributed by atoms with Gasteiger partial charge in [0.1, 0.15) is 5.65 Å². The summed E-state index contributed by atoms with van der Waals surface area (Å²) in [6, 6.07) is 22.0. The molecule has 0 aliphatic heterocycles. The number of fused-ring (bicyclic) bond motifs is 1. The molecular formula is C26H22N4O. The Labute approximate surface area is 180 Å². The second-order valence-electron chi connectivity index (χ2n) is 7.81. The van der Waals surface area contributed by atoms with Gasteiger partial charge in [0.2, 0.25) is 0 Å². The summed E-state index contributed by atoms with van der Waals surface area (Å²) in [6.45, 7) is 4.02. The Morgan fingerprint density at radius 3 is 2.45 bits per heavy atom. The summed E-state index contributed by atoms with van der Waals surface area (Å²) in [4.78, 5) is 22.0. The number of pyridine rings is 3. The second-order valence-corrected chi connectivity index (χ2v) is 7.81. The van der Waals surface area contributed by atoms with Crippen LogP contribution in [0.25, 0.3) is 39.3 Å². The van der Waals surface area contributed by atoms with Crippen molar-refractivity contribution in [1.82, 2.24) is 18.9 Å². The molecule has 4 aromatic heterocycles. The van der Waals surface area contributed by atoms with Crippen molar-refractivity contribution in [2.45, 2.75) is 19.9 Å². The van der Waals surface area contributed by atoms with Crippen molar-refractivity contribution in [1.29, 1.82) is 0 Å². The molecule has 0 fully saturated rings. The summed E-state index contributed by atoms with van der Waals surface area (Å²) in [5.74, 6) is 0. The maximum absolute atomic E-state index is 12.9. The number of nitrogens with zero attached hydrogens (tertiary/aromatic N) is 4. The average molecular weight is 406 g/mol. The van der Waals surface area contributed by atoms with E-state index in [-0.39, 0.29) is 11.6 Å². The van der Waals surface area contributed by atoms with Gasteiger partial charge in [-0.1, -0.05) is 30.3 Å². The minimum Gasteiger partial charge on any atom is -0.313 e. The number of aromatic nitrogens is 4. The first-order valence-corrected chi connectivity index (χ1v) is 10.3. The summed E-state index contributed by atoms with van der Waals surface area (Å²) < 4.78 is 3.79. The summed E-state index contributed by atoms with van der Waals surface area (Å²) in [6.07, 6.45) is 7.49. The number of hydrogen-bond donors (Lipinski definition) is 0. The number of benzene rings is 1. The molecule has 0 N–H and O–H groups in total. The molecule has 5 aromatic rings. The molecule has 0 amide bonds. The van der Waals surface area contributed by atoms with Crippen LogP contribution in [0.2, 0.25) is 0 Å². The molecule has 0 aliphatic rings. The van der Waals surface area contributed by atoms with Gasteiger partial charge in [0.15, 0.2) is 0 Å². The molecule has 0 aliphatic carbocycles. The maximum atomic E-state index is 12.9. The lowest BCUT2D eigenvalue weighted by Crippen LogP contribution is -2.22. The van der Waals surface area contributed by atoms with Crippen LogP contribution in [-0.2, 0) is 0 Å². The van der Waals surface area contributed by atoms with Crippen LogP contribution in [0, 0.1) is 0 Å². The van der Waals surface area contributed by atoms with Crippen molar-refractivity contribution < 1.29 is 0 Å². The molecule has 5 nitrogen and oxygen atoms in total. The smallest absolute Gasteiger partial charge is 0.258 e. The summed E-state index contributed by atoms with van der Waals surface area (Å²) >= 11 is 0. The minimum absolute atomic E-state index is 0.00951. The zero-order chi connectivity index (χ0) is 21.4. The molecular weight excluding hydrogens is 384 g/mol. The Morgan fingerprint density at radius 1 is 0.806 bits per heavy atom. The SMILES string of the molecule is CC(C)n1cccc(-c2ccn3c(-c4ccnc(-c5ccccc5)c4)cnc3c2)c1=O. The largest absolute Gasteiger partial charge is 0.313 e. The van der Waals surface area contributed by atoms with Gasteiger partial charge in [0.05, 0.1) is 17.6 Å². The third kappa shape index (κ3) is 3.44. The Balaban J connectivity index is 1.58. The predicted octanol–water partition coefficient (Wildman–Crippen LogP) is 5.47. The minimum atomic E-state index is 0.00951. The lowest BCUT2D eigenvalue weighted by molar-refractivity contribution is 0.579. The Bertz CT molecular complexity index is 1430. The van der Waals surface area contributed by atoms with Gasteiger partial charge < -0.3 is 4.57 Å². The fraction of sp³-hybridized carbons (Fsp3) is 0.115. The van der Waals surface area contributed by atoms with Crippen LogP contribution >= 0.6 is 0 Å². The predicted molar refractivity (Wildman–Crippen MR) is 124 cm³/mol. The van der Waals surface area contributed by atoms with Crippen LogP contribution in [0.5, 0.6) is 0 Å². The topological polar surface area (TPSA) is 52.2 Å². The van der Waals surface area contributed by atoms with E-state index in [1.54, 1.807) is 4.57 Å². The normalized spacial score (nSPS) is 11.3. The van der Waals surface area contributed by atoms with Crippen molar-refractivity contribution in [3.8, 4) is 33.6 Å². The summed E-state index contributed by atoms with van der Waals surface area (Å²) in [7, 11) is 0. The van der Waals surface area contributed by atoms with Crippen molar-refractivity contribution in [2.24, 2.45) is 0 Å². The van der Waals surface area contributed by atoms with E-state index in [2.05, 4.69) is 28.2 Å². The molecule has 0 saturated carbocycles. The lowest BCUT2D eigenvalue weighted by Gasteiger charge is -2.11. The van der Waals surface area contributed by atoms with E-state index in [4.69, 9.17) is 0 Å². The zero-order valence-corrected chi connectivity index (χ0v) is 17.4. The van der Waals surface area contributed by atoms with Crippen molar-refractivity contribution >= 4 is 5.65 Å². The third-order valence-electron chi connectivity index (χ3n) is 5.48. The van der Waals surface area contributed by atoms with Gasteiger partial charge in [0, 0.05) is 41.3 Å². The van der Waals surface area contributed by atoms with Crippen LogP contribution in [0.3, 0.4) is 0 Å². The summed E-state index contributed by atoms with van der Waals surface area (Å²) in [5, 5.41) is 0. The van der Waals surface area contributed by atoms with E-state index in [0.29, 0.717) is 5.56 Å². The standard InChI is InChI=1S/C26H22N4O/c1-18(2)29-13-6-9-22(26(29)31)20-11-14-30-24(17-28-25(30)16-20)21-10-12-27-23(15-21)19-7-4-3-5-8-19/h3-18H,1-2H3. The quantitative estimate of drug-likeness (QED) is 0.397. The molecule has 31 heavy (non-hydrogen) atoms. The monoisotopic (exact) mass is 406 g/mol. The highest BCUT2D eigenvalue weighted by Crippen LogP contribution is 2.27. The molecule has 5 heteroatoms. The Kier molecular flexibility index (Phi) is 4.71. The Morgan fingerprint density at radius 2 is 1.65 bits per heavy atom. The molecule has 0 bridgehead atoms.